The molecule has 0 heterocycles. The number of allylic oxidation sites excluding steroid dienone is 2. The fourth-order valence-electron chi connectivity index (χ4n) is 5.52. The van der Waals surface area contributed by atoms with E-state index in [0.29, 0.717) is 7.25 Å². The number of rotatable bonds is 4. The number of halogens is 2. The maximum Gasteiger partial charge on any atom is -0.147 e. The SMILES string of the molecule is CCC1=Cc2c(CC)cccc2[CH]1[Zr]([CH3])([CH3])(=[SiH2])[CH]1C=Cc2ccccc21.Cl.Cl. The van der Waals surface area contributed by atoms with Crippen molar-refractivity contribution in [3.8, 4) is 0 Å². The Labute approximate surface area is 185 Å². The Kier molecular flexibility index (Phi) is 7.15. The Morgan fingerprint density at radius 3 is 2.25 bits per heavy atom. The van der Waals surface area contributed by atoms with Crippen molar-refractivity contribution in [2.45, 2.75) is 43.2 Å². The van der Waals surface area contributed by atoms with Gasteiger partial charge in [0.05, 0.1) is 0 Å². The second-order valence-electron chi connectivity index (χ2n) is 9.18. The Morgan fingerprint density at radius 2 is 1.57 bits per heavy atom. The molecule has 2 aliphatic rings. The van der Waals surface area contributed by atoms with Gasteiger partial charge in [-0.1, -0.05) is 0 Å². The minimum Gasteiger partial charge on any atom is -0.147 e. The second-order valence-corrected chi connectivity index (χ2v) is 39.8. The van der Waals surface area contributed by atoms with E-state index in [1.807, 2.05) is 0 Å². The van der Waals surface area contributed by atoms with Crippen LogP contribution in [0.15, 0.2) is 54.1 Å². The molecule has 0 nitrogen and oxygen atoms in total. The van der Waals surface area contributed by atoms with Crippen LogP contribution in [0.1, 0.15) is 55.3 Å². The molecular formula is C24H32Cl2SiZr. The maximum absolute atomic E-state index is 3.17. The molecule has 0 saturated heterocycles. The largest absolute Gasteiger partial charge is 0.147 e. The van der Waals surface area contributed by atoms with Crippen LogP contribution in [0.2, 0.25) is 9.26 Å². The molecule has 0 fully saturated rings. The summed E-state index contributed by atoms with van der Waals surface area (Å²) in [5, 5.41) is 0. The summed E-state index contributed by atoms with van der Waals surface area (Å²) in [6, 6.07) is 16.1. The third-order valence-corrected chi connectivity index (χ3v) is 24.4. The van der Waals surface area contributed by atoms with Crippen LogP contribution >= 0.6 is 24.8 Å². The van der Waals surface area contributed by atoms with Crippen LogP contribution in [0.3, 0.4) is 0 Å². The van der Waals surface area contributed by atoms with Crippen LogP contribution in [0.25, 0.3) is 12.2 Å². The number of aryl methyl sites for hydroxylation is 1. The Balaban J connectivity index is 0.00000140. The van der Waals surface area contributed by atoms with Crippen LogP contribution < -0.4 is 0 Å². The molecule has 0 bridgehead atoms. The molecule has 0 N–H and O–H groups in total. The van der Waals surface area contributed by atoms with Gasteiger partial charge < -0.3 is 0 Å². The third-order valence-electron chi connectivity index (χ3n) is 6.80. The zero-order valence-corrected chi connectivity index (χ0v) is 22.9. The molecule has 4 rings (SSSR count). The van der Waals surface area contributed by atoms with Gasteiger partial charge in [-0.05, 0) is 0 Å². The fraction of sp³-hybridized carbons (Fsp3) is 0.333. The molecule has 2 aliphatic carbocycles. The summed E-state index contributed by atoms with van der Waals surface area (Å²) in [6.07, 6.45) is 9.77. The van der Waals surface area contributed by atoms with Crippen molar-refractivity contribution >= 4 is 43.8 Å². The van der Waals surface area contributed by atoms with Gasteiger partial charge in [0.25, 0.3) is 0 Å². The Morgan fingerprint density at radius 1 is 0.893 bits per heavy atom. The zero-order chi connectivity index (χ0) is 18.6. The second kappa shape index (κ2) is 8.38. The van der Waals surface area contributed by atoms with E-state index in [9.17, 15) is 0 Å². The maximum atomic E-state index is 2.71. The molecule has 0 radical (unpaired) electrons. The van der Waals surface area contributed by atoms with E-state index in [1.165, 1.54) is 17.5 Å². The molecule has 0 aromatic heterocycles. The van der Waals surface area contributed by atoms with Crippen molar-refractivity contribution < 1.29 is 17.4 Å². The molecule has 2 aromatic rings. The van der Waals surface area contributed by atoms with Crippen molar-refractivity contribution in [1.82, 2.24) is 0 Å². The van der Waals surface area contributed by atoms with Crippen molar-refractivity contribution in [3.05, 3.63) is 81.9 Å². The zero-order valence-electron chi connectivity index (χ0n) is 17.4. The summed E-state index contributed by atoms with van der Waals surface area (Å²) in [5.41, 5.74) is 9.40. The topological polar surface area (TPSA) is 0 Å². The van der Waals surface area contributed by atoms with Crippen molar-refractivity contribution in [3.63, 3.8) is 0 Å². The van der Waals surface area contributed by atoms with E-state index in [1.54, 1.807) is 22.3 Å². The van der Waals surface area contributed by atoms with Crippen molar-refractivity contribution in [2.75, 3.05) is 0 Å². The van der Waals surface area contributed by atoms with Crippen LogP contribution in [0.4, 0.5) is 0 Å². The van der Waals surface area contributed by atoms with Crippen LogP contribution in [-0.2, 0) is 23.8 Å². The summed E-state index contributed by atoms with van der Waals surface area (Å²) in [5.74, 6) is 0. The average molecular weight is 511 g/mol. The van der Waals surface area contributed by atoms with Gasteiger partial charge in [0.2, 0.25) is 0 Å². The quantitative estimate of drug-likeness (QED) is 0.387. The van der Waals surface area contributed by atoms with Gasteiger partial charge in [0, 0.05) is 0 Å². The number of fused-ring (bicyclic) bond motifs is 2. The van der Waals surface area contributed by atoms with Crippen molar-refractivity contribution in [1.29, 1.82) is 0 Å². The van der Waals surface area contributed by atoms with E-state index in [0.717, 1.165) is 6.42 Å². The predicted octanol–water partition coefficient (Wildman–Crippen LogP) is 7.04. The normalized spacial score (nSPS) is 20.0. The standard InChI is InChI=1S/C13H15.C9H7.2CH3.2ClH.H2Si.Zr/c1-3-10-8-12-7-5-6-11(4-2)13(12)9-10;1-2-5-9-7-3-6-8(9)4-1;;;;;;/h5-9H,3-4H2,1-2H3;1-7H;2*1H3;2*1H;1H2;. The molecule has 2 aromatic carbocycles. The number of benzene rings is 2. The molecule has 0 amide bonds. The van der Waals surface area contributed by atoms with Crippen LogP contribution in [-0.4, -0.2) is 6.88 Å². The fourth-order valence-corrected chi connectivity index (χ4v) is 23.1. The van der Waals surface area contributed by atoms with Gasteiger partial charge in [-0.25, -0.2) is 0 Å². The smallest absolute Gasteiger partial charge is 0.147 e. The van der Waals surface area contributed by atoms with Gasteiger partial charge in [-0.2, -0.15) is 0 Å². The predicted molar refractivity (Wildman–Crippen MR) is 130 cm³/mol. The van der Waals surface area contributed by atoms with E-state index in [4.69, 9.17) is 0 Å². The molecule has 150 valence electrons. The van der Waals surface area contributed by atoms with E-state index < -0.39 is 17.4 Å². The average Bonchev–Trinajstić information content (AvgIpc) is 3.23. The molecule has 28 heavy (non-hydrogen) atoms. The van der Waals surface area contributed by atoms with Crippen LogP contribution in [0, 0.1) is 0 Å². The molecule has 0 saturated carbocycles. The van der Waals surface area contributed by atoms with Gasteiger partial charge >= 0.3 is 162 Å². The minimum absolute atomic E-state index is 0. The molecule has 2 atom stereocenters. The van der Waals surface area contributed by atoms with E-state index in [2.05, 4.69) is 90.7 Å². The summed E-state index contributed by atoms with van der Waals surface area (Å²) >= 11 is -3.17. The van der Waals surface area contributed by atoms with Gasteiger partial charge in [-0.15, -0.1) is 24.8 Å². The van der Waals surface area contributed by atoms with Crippen LogP contribution in [0.5, 0.6) is 0 Å². The minimum atomic E-state index is -3.17. The third kappa shape index (κ3) is 3.60. The Bertz CT molecular complexity index is 1010. The molecule has 4 heteroatoms. The first-order valence-electron chi connectivity index (χ1n) is 10.0. The number of hydrogen-bond donors (Lipinski definition) is 0. The summed E-state index contributed by atoms with van der Waals surface area (Å²) < 4.78 is 6.72. The molecule has 0 spiro atoms. The van der Waals surface area contributed by atoms with Gasteiger partial charge in [-0.3, -0.25) is 0 Å². The van der Waals surface area contributed by atoms with Gasteiger partial charge in [0.15, 0.2) is 0 Å². The molecular weight excluding hydrogens is 478 g/mol. The first-order valence-corrected chi connectivity index (χ1v) is 23.7. The molecule has 2 unspecified atom stereocenters. The van der Waals surface area contributed by atoms with Gasteiger partial charge in [0.1, 0.15) is 0 Å². The van der Waals surface area contributed by atoms with E-state index >= 15 is 0 Å². The van der Waals surface area contributed by atoms with E-state index in [-0.39, 0.29) is 24.8 Å². The summed E-state index contributed by atoms with van der Waals surface area (Å²) in [4.78, 5) is 0. The summed E-state index contributed by atoms with van der Waals surface area (Å²) in [6.45, 7) is 7.06. The first-order chi connectivity index (χ1) is 12.4. The summed E-state index contributed by atoms with van der Waals surface area (Å²) in [7, 11) is 0. The monoisotopic (exact) mass is 508 g/mol. The number of hydrogen-bond acceptors (Lipinski definition) is 0. The van der Waals surface area contributed by atoms with Crippen molar-refractivity contribution in [2.24, 2.45) is 0 Å². The first kappa shape index (κ1) is 23.9. The Hall–Kier alpha value is -0.400. The molecule has 0 aliphatic heterocycles.